The Morgan fingerprint density at radius 1 is 1.29 bits per heavy atom. The summed E-state index contributed by atoms with van der Waals surface area (Å²) in [6, 6.07) is 1.59. The van der Waals surface area contributed by atoms with Crippen LogP contribution in [0, 0.1) is 5.82 Å². The van der Waals surface area contributed by atoms with Crippen molar-refractivity contribution >= 4 is 28.3 Å². The van der Waals surface area contributed by atoms with E-state index in [1.807, 2.05) is 0 Å². The smallest absolute Gasteiger partial charge is 0.382 e. The fraction of sp³-hybridized carbons (Fsp3) is 0.333. The third-order valence-electron chi connectivity index (χ3n) is 2.00. The normalized spacial score (nSPS) is 15.0. The average molecular weight is 339 g/mol. The van der Waals surface area contributed by atoms with Gasteiger partial charge in [0.1, 0.15) is 5.82 Å². The van der Waals surface area contributed by atoms with Crippen molar-refractivity contribution in [3.05, 3.63) is 34.1 Å². The first-order chi connectivity index (χ1) is 7.23. The van der Waals surface area contributed by atoms with Crippen LogP contribution in [0.5, 0.6) is 0 Å². The molecule has 0 aromatic heterocycles. The zero-order chi connectivity index (χ0) is 12.5. The number of halogens is 6. The molecule has 1 aromatic rings. The summed E-state index contributed by atoms with van der Waals surface area (Å²) in [6.07, 6.45) is -7.55. The molecule has 0 aliphatic heterocycles. The van der Waals surface area contributed by atoms with Crippen LogP contribution in [0.25, 0.3) is 0 Å². The maximum atomic E-state index is 13.0. The lowest BCUT2D eigenvalue weighted by Gasteiger charge is -2.21. The Labute approximate surface area is 109 Å². The van der Waals surface area contributed by atoms with Crippen molar-refractivity contribution in [3.63, 3.8) is 0 Å². The van der Waals surface area contributed by atoms with E-state index in [0.29, 0.717) is 0 Å². The molecule has 0 amide bonds. The van der Waals surface area contributed by atoms with E-state index in [-0.39, 0.29) is 22.4 Å². The van der Waals surface area contributed by atoms with Crippen LogP contribution in [0.1, 0.15) is 11.6 Å². The van der Waals surface area contributed by atoms with Gasteiger partial charge < -0.3 is 10.8 Å². The molecular weight excluding hydrogens is 329 g/mol. The van der Waals surface area contributed by atoms with E-state index in [2.05, 4.69) is 15.9 Å². The van der Waals surface area contributed by atoms with Crippen LogP contribution in [0.3, 0.4) is 0 Å². The van der Waals surface area contributed by atoms with Crippen LogP contribution in [-0.2, 0) is 0 Å². The van der Waals surface area contributed by atoms with Gasteiger partial charge in [-0.15, -0.1) is 12.4 Å². The van der Waals surface area contributed by atoms with Crippen LogP contribution in [0.2, 0.25) is 0 Å². The topological polar surface area (TPSA) is 46.2 Å². The van der Waals surface area contributed by atoms with Crippen molar-refractivity contribution in [1.29, 1.82) is 0 Å². The molecular formula is C9H9BrClF4NO. The first-order valence-corrected chi connectivity index (χ1v) is 4.98. The number of rotatable bonds is 2. The number of aliphatic hydroxyl groups excluding tert-OH is 1. The van der Waals surface area contributed by atoms with Crippen molar-refractivity contribution < 1.29 is 22.7 Å². The van der Waals surface area contributed by atoms with Crippen LogP contribution < -0.4 is 5.73 Å². The highest BCUT2D eigenvalue weighted by Gasteiger charge is 2.42. The summed E-state index contributed by atoms with van der Waals surface area (Å²) in [5.74, 6) is -0.734. The van der Waals surface area contributed by atoms with Crippen molar-refractivity contribution in [2.45, 2.75) is 18.3 Å². The molecule has 0 aliphatic rings. The van der Waals surface area contributed by atoms with Gasteiger partial charge in [0.05, 0.1) is 10.5 Å². The van der Waals surface area contributed by atoms with Crippen molar-refractivity contribution in [1.82, 2.24) is 0 Å². The zero-order valence-electron chi connectivity index (χ0n) is 8.21. The molecule has 2 atom stereocenters. The SMILES string of the molecule is Cl.N[C@H](c1ccc(Br)c(F)c1)[C@@H](O)C(F)(F)F. The molecule has 3 N–H and O–H groups in total. The average Bonchev–Trinajstić information content (AvgIpc) is 2.18. The highest BCUT2D eigenvalue weighted by molar-refractivity contribution is 9.10. The number of benzene rings is 1. The second-order valence-electron chi connectivity index (χ2n) is 3.19. The number of alkyl halides is 3. The molecule has 0 radical (unpaired) electrons. The first-order valence-electron chi connectivity index (χ1n) is 4.19. The molecule has 1 rings (SSSR count). The van der Waals surface area contributed by atoms with Crippen LogP contribution in [0.4, 0.5) is 17.6 Å². The number of aliphatic hydroxyl groups is 1. The maximum Gasteiger partial charge on any atom is 0.416 e. The Kier molecular flexibility index (Phi) is 5.86. The molecule has 17 heavy (non-hydrogen) atoms. The van der Waals surface area contributed by atoms with E-state index >= 15 is 0 Å². The van der Waals surface area contributed by atoms with Crippen molar-refractivity contribution in [2.75, 3.05) is 0 Å². The standard InChI is InChI=1S/C9H8BrF4NO.ClH/c10-5-2-1-4(3-6(5)11)7(15)8(16)9(12,13)14;/h1-3,7-8,16H,15H2;1H/t7-,8-;/m1./s1. The Hall–Kier alpha value is -0.370. The molecule has 98 valence electrons. The van der Waals surface area contributed by atoms with Crippen molar-refractivity contribution in [2.24, 2.45) is 5.73 Å². The number of hydrogen-bond donors (Lipinski definition) is 2. The minimum Gasteiger partial charge on any atom is -0.382 e. The fourth-order valence-electron chi connectivity index (χ4n) is 1.11. The molecule has 0 saturated carbocycles. The highest BCUT2D eigenvalue weighted by atomic mass is 79.9. The van der Waals surface area contributed by atoms with Gasteiger partial charge in [-0.1, -0.05) is 6.07 Å². The minimum absolute atomic E-state index is 0. The summed E-state index contributed by atoms with van der Waals surface area (Å²) in [4.78, 5) is 0. The lowest BCUT2D eigenvalue weighted by molar-refractivity contribution is -0.210. The van der Waals surface area contributed by atoms with E-state index < -0.39 is 24.1 Å². The lowest BCUT2D eigenvalue weighted by Crippen LogP contribution is -2.38. The fourth-order valence-corrected chi connectivity index (χ4v) is 1.35. The van der Waals surface area contributed by atoms with Crippen molar-refractivity contribution in [3.8, 4) is 0 Å². The molecule has 2 nitrogen and oxygen atoms in total. The molecule has 0 bridgehead atoms. The summed E-state index contributed by atoms with van der Waals surface area (Å²) < 4.78 is 49.5. The molecule has 0 heterocycles. The van der Waals surface area contributed by atoms with Gasteiger partial charge in [-0.25, -0.2) is 4.39 Å². The Morgan fingerprint density at radius 3 is 2.24 bits per heavy atom. The quantitative estimate of drug-likeness (QED) is 0.815. The summed E-state index contributed by atoms with van der Waals surface area (Å²) in [5.41, 5.74) is 5.07. The maximum absolute atomic E-state index is 13.0. The predicted octanol–water partition coefficient (Wildman–Crippen LogP) is 2.93. The van der Waals surface area contributed by atoms with Gasteiger partial charge in [0.25, 0.3) is 0 Å². The number of nitrogens with two attached hydrogens (primary N) is 1. The summed E-state index contributed by atoms with van der Waals surface area (Å²) >= 11 is 2.85. The Bertz CT molecular complexity index is 388. The third kappa shape index (κ3) is 4.09. The summed E-state index contributed by atoms with van der Waals surface area (Å²) in [6.45, 7) is 0. The second kappa shape index (κ2) is 5.99. The van der Waals surface area contributed by atoms with Gasteiger partial charge in [0.2, 0.25) is 0 Å². The van der Waals surface area contributed by atoms with Gasteiger partial charge in [-0.3, -0.25) is 0 Å². The van der Waals surface area contributed by atoms with Gasteiger partial charge in [0, 0.05) is 0 Å². The zero-order valence-corrected chi connectivity index (χ0v) is 10.6. The molecule has 0 unspecified atom stereocenters. The monoisotopic (exact) mass is 337 g/mol. The molecule has 0 aliphatic carbocycles. The molecule has 0 saturated heterocycles. The molecule has 1 aromatic carbocycles. The van der Waals surface area contributed by atoms with Gasteiger partial charge in [0.15, 0.2) is 6.10 Å². The lowest BCUT2D eigenvalue weighted by atomic mass is 10.0. The summed E-state index contributed by atoms with van der Waals surface area (Å²) in [5, 5.41) is 8.88. The molecule has 8 heteroatoms. The van der Waals surface area contributed by atoms with E-state index in [9.17, 15) is 17.6 Å². The van der Waals surface area contributed by atoms with E-state index in [1.54, 1.807) is 0 Å². The van der Waals surface area contributed by atoms with Gasteiger partial charge in [-0.05, 0) is 33.6 Å². The van der Waals surface area contributed by atoms with Crippen LogP contribution in [0.15, 0.2) is 22.7 Å². The van der Waals surface area contributed by atoms with Crippen LogP contribution >= 0.6 is 28.3 Å². The Balaban J connectivity index is 0.00000256. The largest absolute Gasteiger partial charge is 0.416 e. The molecule has 0 fully saturated rings. The molecule has 0 spiro atoms. The number of hydrogen-bond acceptors (Lipinski definition) is 2. The van der Waals surface area contributed by atoms with E-state index in [1.165, 1.54) is 12.1 Å². The van der Waals surface area contributed by atoms with E-state index in [0.717, 1.165) is 6.07 Å². The first kappa shape index (κ1) is 16.6. The van der Waals surface area contributed by atoms with Gasteiger partial charge >= 0.3 is 6.18 Å². The van der Waals surface area contributed by atoms with Gasteiger partial charge in [-0.2, -0.15) is 13.2 Å². The van der Waals surface area contributed by atoms with Crippen LogP contribution in [-0.4, -0.2) is 17.4 Å². The highest BCUT2D eigenvalue weighted by Crippen LogP contribution is 2.29. The Morgan fingerprint density at radius 2 is 1.82 bits per heavy atom. The second-order valence-corrected chi connectivity index (χ2v) is 4.04. The summed E-state index contributed by atoms with van der Waals surface area (Å²) in [7, 11) is 0. The minimum atomic E-state index is -4.83. The van der Waals surface area contributed by atoms with E-state index in [4.69, 9.17) is 10.8 Å². The predicted molar refractivity (Wildman–Crippen MR) is 60.3 cm³/mol. The third-order valence-corrected chi connectivity index (χ3v) is 2.65.